The van der Waals surface area contributed by atoms with E-state index in [0.717, 1.165) is 44.3 Å². The van der Waals surface area contributed by atoms with Crippen LogP contribution in [0.1, 0.15) is 15.9 Å². The van der Waals surface area contributed by atoms with Crippen molar-refractivity contribution in [1.29, 1.82) is 0 Å². The number of hydrogen-bond acceptors (Lipinski definition) is 4. The first-order valence-electron chi connectivity index (χ1n) is 11.7. The summed E-state index contributed by atoms with van der Waals surface area (Å²) in [7, 11) is 0. The number of rotatable bonds is 6. The zero-order valence-corrected chi connectivity index (χ0v) is 20.2. The van der Waals surface area contributed by atoms with E-state index in [1.165, 1.54) is 0 Å². The summed E-state index contributed by atoms with van der Waals surface area (Å²) >= 11 is 1.62. The molecule has 0 atom stereocenters. The molecule has 174 valence electrons. The standard InChI is InChI=1S/C30H22N4OS/c35-29(24-14-15-34-19-26(32-28(34)17-24)22-9-3-1-4-10-22)31-18-21-8-7-13-25(16-21)30-33-27(20-36-30)23-11-5-2-6-12-23/h1-17,19-20H,18H2,(H,31,35). The van der Waals surface area contributed by atoms with Gasteiger partial charge in [0.1, 0.15) is 10.7 Å². The molecule has 0 saturated carbocycles. The highest BCUT2D eigenvalue weighted by Gasteiger charge is 2.11. The molecule has 36 heavy (non-hydrogen) atoms. The van der Waals surface area contributed by atoms with Gasteiger partial charge in [-0.1, -0.05) is 78.9 Å². The number of hydrogen-bond donors (Lipinski definition) is 1. The van der Waals surface area contributed by atoms with Crippen molar-refractivity contribution in [3.8, 4) is 33.1 Å². The van der Waals surface area contributed by atoms with Crippen LogP contribution in [0.25, 0.3) is 38.7 Å². The Morgan fingerprint density at radius 1 is 0.778 bits per heavy atom. The van der Waals surface area contributed by atoms with Crippen molar-refractivity contribution in [2.45, 2.75) is 6.54 Å². The van der Waals surface area contributed by atoms with Gasteiger partial charge in [-0.2, -0.15) is 0 Å². The molecule has 6 aromatic rings. The summed E-state index contributed by atoms with van der Waals surface area (Å²) in [6.07, 6.45) is 3.84. The highest BCUT2D eigenvalue weighted by molar-refractivity contribution is 7.13. The molecule has 6 rings (SSSR count). The minimum Gasteiger partial charge on any atom is -0.348 e. The van der Waals surface area contributed by atoms with Gasteiger partial charge in [-0.25, -0.2) is 9.97 Å². The maximum Gasteiger partial charge on any atom is 0.251 e. The Bertz CT molecular complexity index is 1650. The van der Waals surface area contributed by atoms with Crippen LogP contribution in [0.2, 0.25) is 0 Å². The SMILES string of the molecule is O=C(NCc1cccc(-c2nc(-c3ccccc3)cs2)c1)c1ccn2cc(-c3ccccc3)nc2c1. The lowest BCUT2D eigenvalue weighted by Crippen LogP contribution is -2.22. The number of pyridine rings is 1. The first-order chi connectivity index (χ1) is 17.7. The van der Waals surface area contributed by atoms with Gasteiger partial charge < -0.3 is 9.72 Å². The number of nitrogens with zero attached hydrogens (tertiary/aromatic N) is 3. The van der Waals surface area contributed by atoms with Crippen LogP contribution in [0.3, 0.4) is 0 Å². The number of fused-ring (bicyclic) bond motifs is 1. The average molecular weight is 487 g/mol. The van der Waals surface area contributed by atoms with Crippen molar-refractivity contribution >= 4 is 22.9 Å². The second-order valence-corrected chi connectivity index (χ2v) is 9.32. The lowest BCUT2D eigenvalue weighted by atomic mass is 10.1. The van der Waals surface area contributed by atoms with Crippen molar-refractivity contribution in [2.24, 2.45) is 0 Å². The number of amides is 1. The van der Waals surface area contributed by atoms with Crippen LogP contribution in [-0.4, -0.2) is 20.3 Å². The second-order valence-electron chi connectivity index (χ2n) is 8.46. The van der Waals surface area contributed by atoms with Gasteiger partial charge in [0.15, 0.2) is 0 Å². The summed E-state index contributed by atoms with van der Waals surface area (Å²) < 4.78 is 1.93. The van der Waals surface area contributed by atoms with Crippen molar-refractivity contribution < 1.29 is 4.79 Å². The van der Waals surface area contributed by atoms with Crippen LogP contribution < -0.4 is 5.32 Å². The molecule has 0 radical (unpaired) electrons. The van der Waals surface area contributed by atoms with E-state index >= 15 is 0 Å². The summed E-state index contributed by atoms with van der Waals surface area (Å²) in [5, 5.41) is 6.07. The summed E-state index contributed by atoms with van der Waals surface area (Å²) in [5.74, 6) is -0.132. The van der Waals surface area contributed by atoms with E-state index in [4.69, 9.17) is 9.97 Å². The van der Waals surface area contributed by atoms with Crippen LogP contribution in [0.4, 0.5) is 0 Å². The van der Waals surface area contributed by atoms with Crippen LogP contribution in [-0.2, 0) is 6.54 Å². The number of imidazole rings is 1. The summed E-state index contributed by atoms with van der Waals surface area (Å²) in [6.45, 7) is 0.429. The Morgan fingerprint density at radius 2 is 1.50 bits per heavy atom. The van der Waals surface area contributed by atoms with Crippen molar-refractivity contribution in [3.63, 3.8) is 0 Å². The van der Waals surface area contributed by atoms with Gasteiger partial charge in [0, 0.05) is 46.6 Å². The molecule has 0 aliphatic heterocycles. The molecule has 0 saturated heterocycles. The topological polar surface area (TPSA) is 59.3 Å². The molecule has 5 nitrogen and oxygen atoms in total. The molecular weight excluding hydrogens is 464 g/mol. The van der Waals surface area contributed by atoms with E-state index in [-0.39, 0.29) is 5.91 Å². The Labute approximate surface area is 212 Å². The van der Waals surface area contributed by atoms with E-state index in [1.807, 2.05) is 89.6 Å². The number of carbonyl (C=O) groups excluding carboxylic acids is 1. The molecular formula is C30H22N4OS. The summed E-state index contributed by atoms with van der Waals surface area (Å²) in [4.78, 5) is 22.4. The zero-order valence-electron chi connectivity index (χ0n) is 19.3. The molecule has 1 N–H and O–H groups in total. The Balaban J connectivity index is 1.16. The molecule has 3 aromatic heterocycles. The van der Waals surface area contributed by atoms with E-state index in [1.54, 1.807) is 11.3 Å². The lowest BCUT2D eigenvalue weighted by molar-refractivity contribution is 0.0951. The lowest BCUT2D eigenvalue weighted by Gasteiger charge is -2.07. The van der Waals surface area contributed by atoms with E-state index < -0.39 is 0 Å². The average Bonchev–Trinajstić information content (AvgIpc) is 3.60. The Hall–Kier alpha value is -4.55. The van der Waals surface area contributed by atoms with Gasteiger partial charge in [0.25, 0.3) is 5.91 Å². The Morgan fingerprint density at radius 3 is 2.28 bits per heavy atom. The normalized spacial score (nSPS) is 11.0. The van der Waals surface area contributed by atoms with Crippen molar-refractivity contribution in [3.05, 3.63) is 126 Å². The maximum atomic E-state index is 12.9. The van der Waals surface area contributed by atoms with Crippen LogP contribution >= 0.6 is 11.3 Å². The van der Waals surface area contributed by atoms with Crippen LogP contribution in [0.15, 0.2) is 115 Å². The highest BCUT2D eigenvalue weighted by atomic mass is 32.1. The molecule has 3 aromatic carbocycles. The van der Waals surface area contributed by atoms with Gasteiger partial charge in [-0.05, 0) is 23.8 Å². The molecule has 6 heteroatoms. The predicted molar refractivity (Wildman–Crippen MR) is 145 cm³/mol. The molecule has 0 spiro atoms. The number of nitrogens with one attached hydrogen (secondary N) is 1. The fraction of sp³-hybridized carbons (Fsp3) is 0.0333. The van der Waals surface area contributed by atoms with Gasteiger partial charge in [-0.3, -0.25) is 4.79 Å². The summed E-state index contributed by atoms with van der Waals surface area (Å²) in [6, 6.07) is 32.0. The zero-order chi connectivity index (χ0) is 24.3. The monoisotopic (exact) mass is 486 g/mol. The third-order valence-electron chi connectivity index (χ3n) is 5.99. The third kappa shape index (κ3) is 4.54. The highest BCUT2D eigenvalue weighted by Crippen LogP contribution is 2.29. The van der Waals surface area contributed by atoms with E-state index in [9.17, 15) is 4.79 Å². The minimum atomic E-state index is -0.132. The smallest absolute Gasteiger partial charge is 0.251 e. The van der Waals surface area contributed by atoms with Crippen molar-refractivity contribution in [1.82, 2.24) is 19.7 Å². The van der Waals surface area contributed by atoms with E-state index in [2.05, 4.69) is 35.0 Å². The molecule has 0 bridgehead atoms. The van der Waals surface area contributed by atoms with Crippen LogP contribution in [0, 0.1) is 0 Å². The predicted octanol–water partition coefficient (Wildman–Crippen LogP) is 6.72. The summed E-state index contributed by atoms with van der Waals surface area (Å²) in [5.41, 5.74) is 7.38. The minimum absolute atomic E-state index is 0.132. The first kappa shape index (κ1) is 21.9. The first-order valence-corrected chi connectivity index (χ1v) is 12.5. The fourth-order valence-corrected chi connectivity index (χ4v) is 4.94. The number of aromatic nitrogens is 3. The second kappa shape index (κ2) is 9.60. The molecule has 3 heterocycles. The number of benzene rings is 3. The van der Waals surface area contributed by atoms with Crippen molar-refractivity contribution in [2.75, 3.05) is 0 Å². The van der Waals surface area contributed by atoms with E-state index in [0.29, 0.717) is 12.1 Å². The molecule has 0 aliphatic carbocycles. The molecule has 0 fully saturated rings. The maximum absolute atomic E-state index is 12.9. The number of carbonyl (C=O) groups is 1. The fourth-order valence-electron chi connectivity index (χ4n) is 4.12. The largest absolute Gasteiger partial charge is 0.348 e. The Kier molecular flexibility index (Phi) is 5.85. The third-order valence-corrected chi connectivity index (χ3v) is 6.88. The van der Waals surface area contributed by atoms with Gasteiger partial charge in [0.2, 0.25) is 0 Å². The van der Waals surface area contributed by atoms with Crippen LogP contribution in [0.5, 0.6) is 0 Å². The molecule has 1 amide bonds. The van der Waals surface area contributed by atoms with Gasteiger partial charge >= 0.3 is 0 Å². The van der Waals surface area contributed by atoms with Gasteiger partial charge in [-0.15, -0.1) is 11.3 Å². The molecule has 0 unspecified atom stereocenters. The number of thiazole rings is 1. The van der Waals surface area contributed by atoms with Gasteiger partial charge in [0.05, 0.1) is 11.4 Å². The quantitative estimate of drug-likeness (QED) is 0.284. The molecule has 0 aliphatic rings.